The van der Waals surface area contributed by atoms with Crippen molar-refractivity contribution in [2.75, 3.05) is 6.61 Å². The van der Waals surface area contributed by atoms with Crippen LogP contribution in [0.4, 0.5) is 0 Å². The molecule has 0 aromatic heterocycles. The lowest BCUT2D eigenvalue weighted by atomic mass is 10.2. The molecule has 104 valence electrons. The van der Waals surface area contributed by atoms with E-state index in [1.54, 1.807) is 24.3 Å². The van der Waals surface area contributed by atoms with Crippen molar-refractivity contribution in [1.29, 1.82) is 0 Å². The Hall–Kier alpha value is -1.75. The molecule has 0 spiro atoms. The Morgan fingerprint density at radius 1 is 1.37 bits per heavy atom. The second-order valence-corrected chi connectivity index (χ2v) is 4.43. The van der Waals surface area contributed by atoms with E-state index in [1.807, 2.05) is 6.92 Å². The third-order valence-electron chi connectivity index (χ3n) is 2.39. The van der Waals surface area contributed by atoms with Crippen LogP contribution in [0.2, 0.25) is 5.02 Å². The maximum absolute atomic E-state index is 11.5. The maximum Gasteiger partial charge on any atom is 0.326 e. The second-order valence-electron chi connectivity index (χ2n) is 3.99. The van der Waals surface area contributed by atoms with Crippen LogP contribution < -0.4 is 10.1 Å². The average molecular weight is 286 g/mol. The fourth-order valence-corrected chi connectivity index (χ4v) is 1.59. The van der Waals surface area contributed by atoms with Gasteiger partial charge in [-0.15, -0.1) is 0 Å². The van der Waals surface area contributed by atoms with Crippen molar-refractivity contribution < 1.29 is 19.4 Å². The molecule has 1 aromatic carbocycles. The van der Waals surface area contributed by atoms with Gasteiger partial charge in [-0.1, -0.05) is 24.9 Å². The summed E-state index contributed by atoms with van der Waals surface area (Å²) >= 11 is 5.71. The van der Waals surface area contributed by atoms with Gasteiger partial charge < -0.3 is 15.2 Å². The number of aliphatic carboxylic acids is 1. The van der Waals surface area contributed by atoms with E-state index in [1.165, 1.54) is 0 Å². The number of hydrogen-bond acceptors (Lipinski definition) is 3. The van der Waals surface area contributed by atoms with Crippen LogP contribution in [0.3, 0.4) is 0 Å². The van der Waals surface area contributed by atoms with Gasteiger partial charge in [0.1, 0.15) is 11.8 Å². The highest BCUT2D eigenvalue weighted by atomic mass is 35.5. The lowest BCUT2D eigenvalue weighted by molar-refractivity contribution is -0.142. The number of hydrogen-bond donors (Lipinski definition) is 2. The topological polar surface area (TPSA) is 75.6 Å². The van der Waals surface area contributed by atoms with Gasteiger partial charge in [-0.05, 0) is 30.7 Å². The number of carbonyl (C=O) groups excluding carboxylic acids is 1. The summed E-state index contributed by atoms with van der Waals surface area (Å²) in [7, 11) is 0. The summed E-state index contributed by atoms with van der Waals surface area (Å²) in [6, 6.07) is 5.69. The standard InChI is InChI=1S/C13H16ClNO4/c1-2-3-11(13(17)18)15-12(16)8-19-10-6-4-9(14)5-7-10/h4-7,11H,2-3,8H2,1H3,(H,15,16)(H,17,18)/t11-/m0/s1. The molecule has 0 unspecified atom stereocenters. The Labute approximate surface area is 116 Å². The second kappa shape index (κ2) is 7.63. The minimum Gasteiger partial charge on any atom is -0.484 e. The first-order valence-electron chi connectivity index (χ1n) is 5.93. The monoisotopic (exact) mass is 285 g/mol. The molecule has 1 atom stereocenters. The van der Waals surface area contributed by atoms with Crippen LogP contribution in [0.5, 0.6) is 5.75 Å². The van der Waals surface area contributed by atoms with Crippen LogP contribution >= 0.6 is 11.6 Å². The van der Waals surface area contributed by atoms with Gasteiger partial charge in [-0.25, -0.2) is 4.79 Å². The summed E-state index contributed by atoms with van der Waals surface area (Å²) in [6.45, 7) is 1.63. The molecule has 0 aliphatic heterocycles. The van der Waals surface area contributed by atoms with Crippen LogP contribution in [0.25, 0.3) is 0 Å². The molecular weight excluding hydrogens is 270 g/mol. The van der Waals surface area contributed by atoms with Crippen molar-refractivity contribution >= 4 is 23.5 Å². The van der Waals surface area contributed by atoms with Crippen molar-refractivity contribution in [3.63, 3.8) is 0 Å². The zero-order chi connectivity index (χ0) is 14.3. The van der Waals surface area contributed by atoms with Crippen LogP contribution in [0.1, 0.15) is 19.8 Å². The summed E-state index contributed by atoms with van der Waals surface area (Å²) in [5.41, 5.74) is 0. The molecule has 0 saturated carbocycles. The van der Waals surface area contributed by atoms with E-state index >= 15 is 0 Å². The average Bonchev–Trinajstić information content (AvgIpc) is 2.37. The van der Waals surface area contributed by atoms with Gasteiger partial charge in [-0.2, -0.15) is 0 Å². The first kappa shape index (κ1) is 15.3. The molecule has 0 bridgehead atoms. The van der Waals surface area contributed by atoms with Crippen molar-refractivity contribution in [2.24, 2.45) is 0 Å². The molecule has 0 heterocycles. The van der Waals surface area contributed by atoms with Gasteiger partial charge >= 0.3 is 5.97 Å². The summed E-state index contributed by atoms with van der Waals surface area (Å²) in [4.78, 5) is 22.4. The minimum atomic E-state index is -1.04. The first-order chi connectivity index (χ1) is 9.02. The molecule has 0 aliphatic rings. The van der Waals surface area contributed by atoms with E-state index in [0.29, 0.717) is 23.6 Å². The van der Waals surface area contributed by atoms with Crippen LogP contribution in [-0.4, -0.2) is 29.6 Å². The first-order valence-corrected chi connectivity index (χ1v) is 6.31. The van der Waals surface area contributed by atoms with E-state index in [2.05, 4.69) is 5.32 Å². The highest BCUT2D eigenvalue weighted by Crippen LogP contribution is 2.15. The Bertz CT molecular complexity index is 433. The van der Waals surface area contributed by atoms with Crippen molar-refractivity contribution in [3.8, 4) is 5.75 Å². The van der Waals surface area contributed by atoms with Gasteiger partial charge in [0.05, 0.1) is 0 Å². The molecule has 0 saturated heterocycles. The molecule has 6 heteroatoms. The van der Waals surface area contributed by atoms with E-state index < -0.39 is 17.9 Å². The molecular formula is C13H16ClNO4. The van der Waals surface area contributed by atoms with E-state index in [9.17, 15) is 9.59 Å². The number of ether oxygens (including phenoxy) is 1. The number of carboxylic acids is 1. The van der Waals surface area contributed by atoms with Gasteiger partial charge in [0, 0.05) is 5.02 Å². The van der Waals surface area contributed by atoms with Crippen LogP contribution in [-0.2, 0) is 9.59 Å². The van der Waals surface area contributed by atoms with E-state index in [-0.39, 0.29) is 6.61 Å². The predicted octanol–water partition coefficient (Wildman–Crippen LogP) is 2.09. The Kier molecular flexibility index (Phi) is 6.15. The normalized spacial score (nSPS) is 11.7. The number of carboxylic acid groups (broad SMARTS) is 1. The lowest BCUT2D eigenvalue weighted by Gasteiger charge is -2.13. The molecule has 19 heavy (non-hydrogen) atoms. The highest BCUT2D eigenvalue weighted by Gasteiger charge is 2.18. The molecule has 1 aromatic rings. The zero-order valence-electron chi connectivity index (χ0n) is 10.6. The summed E-state index contributed by atoms with van der Waals surface area (Å²) < 4.78 is 5.22. The predicted molar refractivity (Wildman–Crippen MR) is 71.4 cm³/mol. The van der Waals surface area contributed by atoms with Crippen LogP contribution in [0, 0.1) is 0 Å². The number of rotatable bonds is 7. The molecule has 1 amide bonds. The van der Waals surface area contributed by atoms with E-state index in [4.69, 9.17) is 21.4 Å². The van der Waals surface area contributed by atoms with Crippen LogP contribution in [0.15, 0.2) is 24.3 Å². The van der Waals surface area contributed by atoms with Gasteiger partial charge in [0.15, 0.2) is 6.61 Å². The lowest BCUT2D eigenvalue weighted by Crippen LogP contribution is -2.42. The zero-order valence-corrected chi connectivity index (χ0v) is 11.3. The summed E-state index contributed by atoms with van der Waals surface area (Å²) in [5.74, 6) is -1.00. The number of nitrogens with one attached hydrogen (secondary N) is 1. The number of carbonyl (C=O) groups is 2. The highest BCUT2D eigenvalue weighted by molar-refractivity contribution is 6.30. The molecule has 5 nitrogen and oxygen atoms in total. The summed E-state index contributed by atoms with van der Waals surface area (Å²) in [5, 5.41) is 11.9. The minimum absolute atomic E-state index is 0.227. The SMILES string of the molecule is CCC[C@H](NC(=O)COc1ccc(Cl)cc1)C(=O)O. The summed E-state index contributed by atoms with van der Waals surface area (Å²) in [6.07, 6.45) is 1.07. The molecule has 0 fully saturated rings. The molecule has 2 N–H and O–H groups in total. The maximum atomic E-state index is 11.5. The van der Waals surface area contributed by atoms with Gasteiger partial charge in [-0.3, -0.25) is 4.79 Å². The number of halogens is 1. The van der Waals surface area contributed by atoms with Gasteiger partial charge in [0.2, 0.25) is 0 Å². The third kappa shape index (κ3) is 5.61. The van der Waals surface area contributed by atoms with Crippen molar-refractivity contribution in [1.82, 2.24) is 5.32 Å². The quantitative estimate of drug-likeness (QED) is 0.804. The smallest absolute Gasteiger partial charge is 0.326 e. The number of amides is 1. The molecule has 0 radical (unpaired) electrons. The number of benzene rings is 1. The third-order valence-corrected chi connectivity index (χ3v) is 2.65. The van der Waals surface area contributed by atoms with Crippen molar-refractivity contribution in [2.45, 2.75) is 25.8 Å². The largest absolute Gasteiger partial charge is 0.484 e. The molecule has 0 aliphatic carbocycles. The van der Waals surface area contributed by atoms with E-state index in [0.717, 1.165) is 0 Å². The fourth-order valence-electron chi connectivity index (χ4n) is 1.46. The Balaban J connectivity index is 2.42. The fraction of sp³-hybridized carbons (Fsp3) is 0.385. The molecule has 1 rings (SSSR count). The van der Waals surface area contributed by atoms with Crippen molar-refractivity contribution in [3.05, 3.63) is 29.3 Å². The Morgan fingerprint density at radius 2 is 2.00 bits per heavy atom. The van der Waals surface area contributed by atoms with Gasteiger partial charge in [0.25, 0.3) is 5.91 Å². The Morgan fingerprint density at radius 3 is 2.53 bits per heavy atom.